The van der Waals surface area contributed by atoms with Crippen molar-refractivity contribution in [2.45, 2.75) is 31.7 Å². The van der Waals surface area contributed by atoms with Crippen molar-refractivity contribution in [3.8, 4) is 0 Å². The zero-order valence-electron chi connectivity index (χ0n) is 12.8. The van der Waals surface area contributed by atoms with Crippen molar-refractivity contribution in [3.05, 3.63) is 57.8 Å². The Kier molecular flexibility index (Phi) is 4.76. The Morgan fingerprint density at radius 2 is 1.74 bits per heavy atom. The van der Waals surface area contributed by atoms with E-state index in [2.05, 4.69) is 11.4 Å². The van der Waals surface area contributed by atoms with Crippen LogP contribution in [0.15, 0.2) is 41.8 Å². The van der Waals surface area contributed by atoms with Crippen LogP contribution in [-0.2, 0) is 0 Å². The Bertz CT molecular complexity index is 674. The third kappa shape index (κ3) is 3.62. The summed E-state index contributed by atoms with van der Waals surface area (Å²) in [5.41, 5.74) is 6.19. The molecule has 0 bridgehead atoms. The van der Waals surface area contributed by atoms with E-state index in [9.17, 15) is 9.59 Å². The van der Waals surface area contributed by atoms with Crippen LogP contribution in [0.5, 0.6) is 0 Å². The average Bonchev–Trinajstić information content (AvgIpc) is 3.26. The third-order valence-corrected chi connectivity index (χ3v) is 5.39. The molecule has 0 saturated heterocycles. The van der Waals surface area contributed by atoms with Gasteiger partial charge in [-0.1, -0.05) is 18.9 Å². The predicted octanol–water partition coefficient (Wildman–Crippen LogP) is 3.51. The second-order valence-electron chi connectivity index (χ2n) is 5.95. The van der Waals surface area contributed by atoms with E-state index < -0.39 is 5.91 Å². The molecule has 23 heavy (non-hydrogen) atoms. The van der Waals surface area contributed by atoms with Crippen LogP contribution in [-0.4, -0.2) is 11.8 Å². The first-order chi connectivity index (χ1) is 11.1. The van der Waals surface area contributed by atoms with Gasteiger partial charge in [-0.05, 0) is 54.5 Å². The van der Waals surface area contributed by atoms with E-state index >= 15 is 0 Å². The molecule has 4 nitrogen and oxygen atoms in total. The summed E-state index contributed by atoms with van der Waals surface area (Å²) in [6, 6.07) is 10.7. The normalized spacial score (nSPS) is 16.2. The molecule has 1 aliphatic carbocycles. The van der Waals surface area contributed by atoms with Crippen molar-refractivity contribution in [1.82, 2.24) is 5.32 Å². The lowest BCUT2D eigenvalue weighted by atomic mass is 9.96. The molecule has 1 heterocycles. The number of rotatable bonds is 5. The lowest BCUT2D eigenvalue weighted by Gasteiger charge is -2.24. The van der Waals surface area contributed by atoms with Crippen LogP contribution in [0.4, 0.5) is 0 Å². The quantitative estimate of drug-likeness (QED) is 0.881. The zero-order valence-corrected chi connectivity index (χ0v) is 13.6. The molecule has 1 aromatic heterocycles. The molecular weight excluding hydrogens is 308 g/mol. The summed E-state index contributed by atoms with van der Waals surface area (Å²) in [6.07, 6.45) is 4.78. The van der Waals surface area contributed by atoms with E-state index in [1.165, 1.54) is 17.7 Å². The highest BCUT2D eigenvalue weighted by Gasteiger charge is 2.28. The van der Waals surface area contributed by atoms with Gasteiger partial charge in [-0.25, -0.2) is 0 Å². The van der Waals surface area contributed by atoms with Gasteiger partial charge in [-0.15, -0.1) is 11.3 Å². The smallest absolute Gasteiger partial charge is 0.251 e. The van der Waals surface area contributed by atoms with Crippen molar-refractivity contribution in [2.75, 3.05) is 0 Å². The molecule has 2 aromatic rings. The zero-order chi connectivity index (χ0) is 16.2. The summed E-state index contributed by atoms with van der Waals surface area (Å²) in [4.78, 5) is 24.9. The molecule has 1 atom stereocenters. The third-order valence-electron chi connectivity index (χ3n) is 4.44. The average molecular weight is 328 g/mol. The first-order valence-electron chi connectivity index (χ1n) is 7.89. The number of nitrogens with two attached hydrogens (primary N) is 1. The van der Waals surface area contributed by atoms with Gasteiger partial charge in [0.2, 0.25) is 5.91 Å². The second kappa shape index (κ2) is 6.96. The van der Waals surface area contributed by atoms with E-state index in [1.54, 1.807) is 35.6 Å². The molecule has 2 amide bonds. The van der Waals surface area contributed by atoms with Crippen molar-refractivity contribution in [2.24, 2.45) is 11.7 Å². The SMILES string of the molecule is NC(=O)c1ccc(C(=O)NC(c2cccs2)C2CCCC2)cc1. The van der Waals surface area contributed by atoms with Gasteiger partial charge in [0, 0.05) is 16.0 Å². The molecule has 1 aliphatic rings. The summed E-state index contributed by atoms with van der Waals surface area (Å²) in [6.45, 7) is 0. The van der Waals surface area contributed by atoms with Gasteiger partial charge >= 0.3 is 0 Å². The minimum Gasteiger partial charge on any atom is -0.366 e. The monoisotopic (exact) mass is 328 g/mol. The first kappa shape index (κ1) is 15.7. The van der Waals surface area contributed by atoms with Gasteiger partial charge in [-0.2, -0.15) is 0 Å². The standard InChI is InChI=1S/C18H20N2O2S/c19-17(21)13-7-9-14(10-8-13)18(22)20-16(12-4-1-2-5-12)15-6-3-11-23-15/h3,6-12,16H,1-2,4-5H2,(H2,19,21)(H,20,22). The van der Waals surface area contributed by atoms with Crippen LogP contribution in [0, 0.1) is 5.92 Å². The maximum absolute atomic E-state index is 12.6. The van der Waals surface area contributed by atoms with E-state index in [0.29, 0.717) is 17.0 Å². The van der Waals surface area contributed by atoms with Crippen molar-refractivity contribution < 1.29 is 9.59 Å². The molecule has 1 fully saturated rings. The molecule has 0 aliphatic heterocycles. The van der Waals surface area contributed by atoms with E-state index in [1.807, 2.05) is 11.4 Å². The topological polar surface area (TPSA) is 72.2 Å². The number of hydrogen-bond donors (Lipinski definition) is 2. The number of thiophene rings is 1. The Balaban J connectivity index is 1.76. The molecule has 0 spiro atoms. The van der Waals surface area contributed by atoms with Gasteiger partial charge in [0.05, 0.1) is 6.04 Å². The number of amides is 2. The first-order valence-corrected chi connectivity index (χ1v) is 8.77. The Labute approximate surface area is 139 Å². The number of nitrogens with one attached hydrogen (secondary N) is 1. The fraction of sp³-hybridized carbons (Fsp3) is 0.333. The molecule has 0 radical (unpaired) electrons. The minimum absolute atomic E-state index is 0.0702. The lowest BCUT2D eigenvalue weighted by molar-refractivity contribution is 0.0921. The van der Waals surface area contributed by atoms with Crippen molar-refractivity contribution >= 4 is 23.2 Å². The van der Waals surface area contributed by atoms with Crippen LogP contribution in [0.25, 0.3) is 0 Å². The predicted molar refractivity (Wildman–Crippen MR) is 91.4 cm³/mol. The highest BCUT2D eigenvalue weighted by Crippen LogP contribution is 2.37. The molecule has 1 unspecified atom stereocenters. The summed E-state index contributed by atoms with van der Waals surface area (Å²) in [5, 5.41) is 5.23. The van der Waals surface area contributed by atoms with E-state index in [-0.39, 0.29) is 11.9 Å². The van der Waals surface area contributed by atoms with Gasteiger partial charge in [-0.3, -0.25) is 9.59 Å². The Morgan fingerprint density at radius 3 is 2.30 bits per heavy atom. The van der Waals surface area contributed by atoms with Crippen LogP contribution in [0.2, 0.25) is 0 Å². The number of primary amides is 1. The van der Waals surface area contributed by atoms with E-state index in [4.69, 9.17) is 5.73 Å². The molecule has 3 rings (SSSR count). The number of carbonyl (C=O) groups excluding carboxylic acids is 2. The van der Waals surface area contributed by atoms with E-state index in [0.717, 1.165) is 12.8 Å². The number of benzene rings is 1. The molecule has 1 aromatic carbocycles. The number of hydrogen-bond acceptors (Lipinski definition) is 3. The van der Waals surface area contributed by atoms with Crippen molar-refractivity contribution in [1.29, 1.82) is 0 Å². The molecular formula is C18H20N2O2S. The molecule has 5 heteroatoms. The van der Waals surface area contributed by atoms with Crippen LogP contribution in [0.3, 0.4) is 0 Å². The highest BCUT2D eigenvalue weighted by atomic mass is 32.1. The molecule has 120 valence electrons. The van der Waals surface area contributed by atoms with Crippen LogP contribution >= 0.6 is 11.3 Å². The number of carbonyl (C=O) groups is 2. The van der Waals surface area contributed by atoms with Crippen molar-refractivity contribution in [3.63, 3.8) is 0 Å². The van der Waals surface area contributed by atoms with Crippen LogP contribution < -0.4 is 11.1 Å². The Morgan fingerprint density at radius 1 is 1.09 bits per heavy atom. The maximum Gasteiger partial charge on any atom is 0.251 e. The fourth-order valence-corrected chi connectivity index (χ4v) is 4.06. The molecule has 3 N–H and O–H groups in total. The lowest BCUT2D eigenvalue weighted by Crippen LogP contribution is -2.32. The summed E-state index contributed by atoms with van der Waals surface area (Å²) in [7, 11) is 0. The van der Waals surface area contributed by atoms with Gasteiger partial charge < -0.3 is 11.1 Å². The summed E-state index contributed by atoms with van der Waals surface area (Å²) < 4.78 is 0. The largest absolute Gasteiger partial charge is 0.366 e. The Hall–Kier alpha value is -2.14. The van der Waals surface area contributed by atoms with Crippen LogP contribution in [0.1, 0.15) is 57.3 Å². The maximum atomic E-state index is 12.6. The highest BCUT2D eigenvalue weighted by molar-refractivity contribution is 7.10. The molecule has 1 saturated carbocycles. The fourth-order valence-electron chi connectivity index (χ4n) is 3.19. The summed E-state index contributed by atoms with van der Waals surface area (Å²) in [5.74, 6) is -0.0896. The van der Waals surface area contributed by atoms with Gasteiger partial charge in [0.25, 0.3) is 5.91 Å². The second-order valence-corrected chi connectivity index (χ2v) is 6.93. The van der Waals surface area contributed by atoms with Gasteiger partial charge in [0.1, 0.15) is 0 Å². The van der Waals surface area contributed by atoms with Gasteiger partial charge in [0.15, 0.2) is 0 Å². The minimum atomic E-state index is -0.487. The summed E-state index contributed by atoms with van der Waals surface area (Å²) >= 11 is 1.69.